The van der Waals surface area contributed by atoms with Crippen LogP contribution in [0.4, 0.5) is 0 Å². The second kappa shape index (κ2) is 7.50. The molecule has 0 aromatic heterocycles. The number of phenolic OH excluding ortho intramolecular Hbond substituents is 1. The fourth-order valence-corrected chi connectivity index (χ4v) is 2.15. The number of benzene rings is 1. The summed E-state index contributed by atoms with van der Waals surface area (Å²) < 4.78 is 5.38. The topological polar surface area (TPSA) is 61.7 Å². The maximum absolute atomic E-state index is 9.68. The van der Waals surface area contributed by atoms with Crippen LogP contribution in [0, 0.1) is 5.41 Å². The number of phenols is 1. The fraction of sp³-hybridized carbons (Fsp3) is 0.625. The van der Waals surface area contributed by atoms with Crippen LogP contribution in [0.15, 0.2) is 18.2 Å². The van der Waals surface area contributed by atoms with Crippen molar-refractivity contribution < 1.29 is 14.9 Å². The van der Waals surface area contributed by atoms with E-state index in [1.807, 2.05) is 19.1 Å². The highest BCUT2D eigenvalue weighted by molar-refractivity contribution is 5.41. The highest BCUT2D eigenvalue weighted by atomic mass is 16.5. The SMILES string of the molecule is CCOc1cc(CNC(CCO)C(C)(C)C)ccc1O. The second-order valence-electron chi connectivity index (χ2n) is 6.05. The number of nitrogens with one attached hydrogen (secondary N) is 1. The van der Waals surface area contributed by atoms with E-state index in [1.54, 1.807) is 6.07 Å². The number of aliphatic hydroxyl groups excluding tert-OH is 1. The Bertz CT molecular complexity index is 413. The van der Waals surface area contributed by atoms with Crippen LogP contribution >= 0.6 is 0 Å². The van der Waals surface area contributed by atoms with Gasteiger partial charge in [0.05, 0.1) is 6.61 Å². The van der Waals surface area contributed by atoms with Crippen LogP contribution in [0.3, 0.4) is 0 Å². The average Bonchev–Trinajstić information content (AvgIpc) is 2.37. The van der Waals surface area contributed by atoms with Crippen LogP contribution in [0.25, 0.3) is 0 Å². The Morgan fingerprint density at radius 1 is 1.30 bits per heavy atom. The number of aromatic hydroxyl groups is 1. The summed E-state index contributed by atoms with van der Waals surface area (Å²) in [5, 5.41) is 22.3. The maximum atomic E-state index is 9.68. The lowest BCUT2D eigenvalue weighted by molar-refractivity contribution is 0.196. The van der Waals surface area contributed by atoms with E-state index in [0.29, 0.717) is 18.9 Å². The van der Waals surface area contributed by atoms with Crippen molar-refractivity contribution in [2.24, 2.45) is 5.41 Å². The third-order valence-corrected chi connectivity index (χ3v) is 3.34. The number of hydrogen-bond acceptors (Lipinski definition) is 4. The van der Waals surface area contributed by atoms with Crippen LogP contribution in [0.5, 0.6) is 11.5 Å². The first-order valence-corrected chi connectivity index (χ1v) is 7.17. The Balaban J connectivity index is 2.70. The van der Waals surface area contributed by atoms with Gasteiger partial charge in [-0.3, -0.25) is 0 Å². The third-order valence-electron chi connectivity index (χ3n) is 3.34. The Morgan fingerprint density at radius 3 is 2.55 bits per heavy atom. The van der Waals surface area contributed by atoms with Crippen molar-refractivity contribution in [3.05, 3.63) is 23.8 Å². The molecule has 1 aromatic carbocycles. The normalized spacial score (nSPS) is 13.2. The highest BCUT2D eigenvalue weighted by Crippen LogP contribution is 2.27. The second-order valence-corrected chi connectivity index (χ2v) is 6.05. The van der Waals surface area contributed by atoms with Gasteiger partial charge >= 0.3 is 0 Å². The van der Waals surface area contributed by atoms with Crippen LogP contribution in [-0.2, 0) is 6.54 Å². The first-order chi connectivity index (χ1) is 9.38. The molecule has 114 valence electrons. The first-order valence-electron chi connectivity index (χ1n) is 7.17. The Labute approximate surface area is 121 Å². The van der Waals surface area contributed by atoms with Gasteiger partial charge in [-0.25, -0.2) is 0 Å². The molecular weight excluding hydrogens is 254 g/mol. The van der Waals surface area contributed by atoms with Gasteiger partial charge in [-0.15, -0.1) is 0 Å². The van der Waals surface area contributed by atoms with Gasteiger partial charge in [0.1, 0.15) is 0 Å². The fourth-order valence-electron chi connectivity index (χ4n) is 2.15. The van der Waals surface area contributed by atoms with Crippen molar-refractivity contribution in [1.29, 1.82) is 0 Å². The lowest BCUT2D eigenvalue weighted by Gasteiger charge is -2.31. The minimum absolute atomic E-state index is 0.0857. The van der Waals surface area contributed by atoms with E-state index < -0.39 is 0 Å². The van der Waals surface area contributed by atoms with E-state index in [-0.39, 0.29) is 23.8 Å². The molecule has 4 heteroatoms. The van der Waals surface area contributed by atoms with E-state index in [9.17, 15) is 5.11 Å². The maximum Gasteiger partial charge on any atom is 0.161 e. The van der Waals surface area contributed by atoms with Crippen LogP contribution in [0.2, 0.25) is 0 Å². The van der Waals surface area contributed by atoms with Gasteiger partial charge in [-0.05, 0) is 36.5 Å². The highest BCUT2D eigenvalue weighted by Gasteiger charge is 2.23. The Kier molecular flexibility index (Phi) is 6.30. The first kappa shape index (κ1) is 16.8. The molecule has 0 aliphatic heterocycles. The van der Waals surface area contributed by atoms with E-state index in [0.717, 1.165) is 12.0 Å². The molecule has 20 heavy (non-hydrogen) atoms. The number of rotatable bonds is 7. The quantitative estimate of drug-likeness (QED) is 0.719. The minimum atomic E-state index is 0.0857. The molecule has 1 rings (SSSR count). The van der Waals surface area contributed by atoms with Gasteiger partial charge in [0.2, 0.25) is 0 Å². The molecular formula is C16H27NO3. The van der Waals surface area contributed by atoms with Crippen LogP contribution in [-0.4, -0.2) is 29.5 Å². The van der Waals surface area contributed by atoms with E-state index in [1.165, 1.54) is 0 Å². The van der Waals surface area contributed by atoms with Gasteiger partial charge in [0.25, 0.3) is 0 Å². The molecule has 3 N–H and O–H groups in total. The molecule has 0 radical (unpaired) electrons. The number of aliphatic hydroxyl groups is 1. The monoisotopic (exact) mass is 281 g/mol. The zero-order valence-electron chi connectivity index (χ0n) is 12.9. The molecule has 0 fully saturated rings. The van der Waals surface area contributed by atoms with Crippen LogP contribution in [0.1, 0.15) is 39.7 Å². The number of ether oxygens (including phenoxy) is 1. The van der Waals surface area contributed by atoms with Crippen molar-refractivity contribution in [1.82, 2.24) is 5.32 Å². The van der Waals surface area contributed by atoms with Crippen molar-refractivity contribution in [2.75, 3.05) is 13.2 Å². The smallest absolute Gasteiger partial charge is 0.161 e. The largest absolute Gasteiger partial charge is 0.504 e. The van der Waals surface area contributed by atoms with Gasteiger partial charge in [0.15, 0.2) is 11.5 Å². The number of hydrogen-bond donors (Lipinski definition) is 3. The van der Waals surface area contributed by atoms with Crippen molar-refractivity contribution in [3.63, 3.8) is 0 Å². The van der Waals surface area contributed by atoms with E-state index >= 15 is 0 Å². The summed E-state index contributed by atoms with van der Waals surface area (Å²) in [6.07, 6.45) is 0.722. The predicted molar refractivity (Wildman–Crippen MR) is 81.1 cm³/mol. The summed E-state index contributed by atoms with van der Waals surface area (Å²) in [6.45, 7) is 9.74. The van der Waals surface area contributed by atoms with Crippen molar-refractivity contribution in [3.8, 4) is 11.5 Å². The minimum Gasteiger partial charge on any atom is -0.504 e. The summed E-state index contributed by atoms with van der Waals surface area (Å²) in [6, 6.07) is 5.62. The van der Waals surface area contributed by atoms with Gasteiger partial charge < -0.3 is 20.3 Å². The molecule has 1 atom stereocenters. The van der Waals surface area contributed by atoms with Crippen LogP contribution < -0.4 is 10.1 Å². The molecule has 0 bridgehead atoms. The zero-order chi connectivity index (χ0) is 15.2. The summed E-state index contributed by atoms with van der Waals surface area (Å²) in [4.78, 5) is 0. The molecule has 0 heterocycles. The molecule has 0 aliphatic carbocycles. The molecule has 1 unspecified atom stereocenters. The van der Waals surface area contributed by atoms with E-state index in [4.69, 9.17) is 9.84 Å². The molecule has 4 nitrogen and oxygen atoms in total. The van der Waals surface area contributed by atoms with E-state index in [2.05, 4.69) is 26.1 Å². The third kappa shape index (κ3) is 5.02. The Hall–Kier alpha value is -1.26. The molecule has 0 spiro atoms. The summed E-state index contributed by atoms with van der Waals surface area (Å²) in [5.41, 5.74) is 1.14. The van der Waals surface area contributed by atoms with Crippen molar-refractivity contribution >= 4 is 0 Å². The van der Waals surface area contributed by atoms with Gasteiger partial charge in [0, 0.05) is 19.2 Å². The zero-order valence-corrected chi connectivity index (χ0v) is 12.9. The summed E-state index contributed by atoms with van der Waals surface area (Å²) >= 11 is 0. The van der Waals surface area contributed by atoms with Gasteiger partial charge in [-0.2, -0.15) is 0 Å². The molecule has 1 aromatic rings. The summed E-state index contributed by atoms with van der Waals surface area (Å²) in [7, 11) is 0. The Morgan fingerprint density at radius 2 is 2.00 bits per heavy atom. The molecule has 0 saturated carbocycles. The summed E-state index contributed by atoms with van der Waals surface area (Å²) in [5.74, 6) is 0.680. The van der Waals surface area contributed by atoms with Crippen molar-refractivity contribution in [2.45, 2.75) is 46.7 Å². The van der Waals surface area contributed by atoms with Gasteiger partial charge in [-0.1, -0.05) is 26.8 Å². The lowest BCUT2D eigenvalue weighted by Crippen LogP contribution is -2.40. The lowest BCUT2D eigenvalue weighted by atomic mass is 9.85. The molecule has 0 saturated heterocycles. The standard InChI is InChI=1S/C16H27NO3/c1-5-20-14-10-12(6-7-13(14)19)11-17-15(8-9-18)16(2,3)4/h6-7,10,15,17-19H,5,8-9,11H2,1-4H3. The predicted octanol–water partition coefficient (Wildman–Crippen LogP) is 2.68. The average molecular weight is 281 g/mol. The molecule has 0 amide bonds. The molecule has 0 aliphatic rings.